The van der Waals surface area contributed by atoms with Crippen LogP contribution in [0.1, 0.15) is 35.0 Å². The molecule has 1 amide bonds. The topological polar surface area (TPSA) is 49.6 Å². The zero-order valence-electron chi connectivity index (χ0n) is 16.1. The van der Waals surface area contributed by atoms with Crippen molar-refractivity contribution in [1.29, 1.82) is 0 Å². The second-order valence-electron chi connectivity index (χ2n) is 7.96. The average molecular weight is 371 g/mol. The Hall–Kier alpha value is -2.21. The number of fused-ring (bicyclic) bond motifs is 1. The van der Waals surface area contributed by atoms with Crippen molar-refractivity contribution in [2.24, 2.45) is 11.8 Å². The van der Waals surface area contributed by atoms with Crippen LogP contribution >= 0.6 is 0 Å². The Morgan fingerprint density at radius 2 is 2.11 bits per heavy atom. The molecule has 0 spiro atoms. The molecule has 0 bridgehead atoms. The van der Waals surface area contributed by atoms with Crippen molar-refractivity contribution in [3.8, 4) is 0 Å². The van der Waals surface area contributed by atoms with Crippen molar-refractivity contribution in [1.82, 2.24) is 15.0 Å². The van der Waals surface area contributed by atoms with Gasteiger partial charge < -0.3 is 9.42 Å². The number of likely N-dealkylation sites (tertiary alicyclic amines) is 2. The summed E-state index contributed by atoms with van der Waals surface area (Å²) in [5.41, 5.74) is 2.92. The van der Waals surface area contributed by atoms with Gasteiger partial charge >= 0.3 is 0 Å². The summed E-state index contributed by atoms with van der Waals surface area (Å²) in [6.07, 6.45) is 1.14. The molecule has 0 N–H and O–H groups in total. The van der Waals surface area contributed by atoms with Crippen LogP contribution in [0.5, 0.6) is 0 Å². The summed E-state index contributed by atoms with van der Waals surface area (Å²) in [6.45, 7) is 6.28. The highest BCUT2D eigenvalue weighted by atomic mass is 19.1. The number of benzene rings is 1. The third-order valence-electron chi connectivity index (χ3n) is 6.21. The van der Waals surface area contributed by atoms with E-state index in [-0.39, 0.29) is 17.8 Å². The highest BCUT2D eigenvalue weighted by Crippen LogP contribution is 2.44. The van der Waals surface area contributed by atoms with E-state index >= 15 is 0 Å². The van der Waals surface area contributed by atoms with E-state index in [0.717, 1.165) is 42.2 Å². The number of amides is 1. The van der Waals surface area contributed by atoms with E-state index in [1.54, 1.807) is 12.1 Å². The summed E-state index contributed by atoms with van der Waals surface area (Å²) in [7, 11) is 2.09. The van der Waals surface area contributed by atoms with Crippen LogP contribution in [0.15, 0.2) is 28.8 Å². The molecule has 3 heterocycles. The molecule has 2 aromatic rings. The molecular weight excluding hydrogens is 345 g/mol. The van der Waals surface area contributed by atoms with Crippen LogP contribution in [0.3, 0.4) is 0 Å². The first-order valence-electron chi connectivity index (χ1n) is 9.59. The number of hydrogen-bond acceptors (Lipinski definition) is 4. The number of carbonyl (C=O) groups is 1. The molecule has 1 aromatic carbocycles. The lowest BCUT2D eigenvalue weighted by Gasteiger charge is -2.27. The minimum atomic E-state index is -0.199. The van der Waals surface area contributed by atoms with Crippen molar-refractivity contribution in [2.45, 2.75) is 32.7 Å². The Morgan fingerprint density at radius 3 is 2.81 bits per heavy atom. The summed E-state index contributed by atoms with van der Waals surface area (Å²) in [5.74, 6) is 1.59. The predicted molar refractivity (Wildman–Crippen MR) is 99.6 cm³/mol. The van der Waals surface area contributed by atoms with Crippen molar-refractivity contribution in [3.63, 3.8) is 0 Å². The quantitative estimate of drug-likeness (QED) is 0.829. The lowest BCUT2D eigenvalue weighted by Crippen LogP contribution is -2.33. The smallest absolute Gasteiger partial charge is 0.222 e. The fourth-order valence-electron chi connectivity index (χ4n) is 4.90. The highest BCUT2D eigenvalue weighted by Gasteiger charge is 2.47. The zero-order valence-corrected chi connectivity index (χ0v) is 16.1. The number of rotatable bonds is 4. The molecule has 2 aliphatic heterocycles. The number of aromatic nitrogens is 1. The molecule has 6 heteroatoms. The maximum Gasteiger partial charge on any atom is 0.222 e. The summed E-state index contributed by atoms with van der Waals surface area (Å²) < 4.78 is 18.9. The zero-order chi connectivity index (χ0) is 19.1. The molecule has 4 rings (SSSR count). The molecule has 2 fully saturated rings. The van der Waals surface area contributed by atoms with Gasteiger partial charge in [0.25, 0.3) is 0 Å². The molecule has 2 saturated heterocycles. The van der Waals surface area contributed by atoms with Crippen LogP contribution in [0, 0.1) is 31.5 Å². The molecule has 2 aliphatic rings. The van der Waals surface area contributed by atoms with E-state index in [0.29, 0.717) is 24.7 Å². The largest absolute Gasteiger partial charge is 0.361 e. The van der Waals surface area contributed by atoms with E-state index in [1.807, 2.05) is 24.8 Å². The summed E-state index contributed by atoms with van der Waals surface area (Å²) in [5, 5.41) is 3.96. The van der Waals surface area contributed by atoms with Crippen LogP contribution in [-0.2, 0) is 11.2 Å². The number of carbonyl (C=O) groups excluding carboxylic acids is 1. The average Bonchev–Trinajstić information content (AvgIpc) is 3.26. The molecule has 0 radical (unpaired) electrons. The summed E-state index contributed by atoms with van der Waals surface area (Å²) in [4.78, 5) is 17.1. The fourth-order valence-corrected chi connectivity index (χ4v) is 4.90. The van der Waals surface area contributed by atoms with Gasteiger partial charge in [0.2, 0.25) is 5.91 Å². The minimum absolute atomic E-state index is 0.172. The Labute approximate surface area is 159 Å². The van der Waals surface area contributed by atoms with Gasteiger partial charge in [0, 0.05) is 43.6 Å². The SMILES string of the molecule is Cc1noc(C)c1CCC(=O)N1C[C@@H]2CN(C)[C@@H](c3cccc(F)c3)[C@@H]2C1. The summed E-state index contributed by atoms with van der Waals surface area (Å²) >= 11 is 0. The lowest BCUT2D eigenvalue weighted by molar-refractivity contribution is -0.130. The number of nitrogens with zero attached hydrogens (tertiary/aromatic N) is 3. The van der Waals surface area contributed by atoms with E-state index in [4.69, 9.17) is 4.52 Å². The van der Waals surface area contributed by atoms with Crippen LogP contribution in [-0.4, -0.2) is 47.5 Å². The van der Waals surface area contributed by atoms with Crippen LogP contribution in [0.2, 0.25) is 0 Å². The van der Waals surface area contributed by atoms with Gasteiger partial charge in [-0.25, -0.2) is 4.39 Å². The first kappa shape index (κ1) is 18.2. The fraction of sp³-hybridized carbons (Fsp3) is 0.524. The Bertz CT molecular complexity index is 830. The molecule has 0 saturated carbocycles. The molecule has 144 valence electrons. The predicted octanol–water partition coefficient (Wildman–Crippen LogP) is 3.12. The number of halogens is 1. The third-order valence-corrected chi connectivity index (χ3v) is 6.21. The normalized spacial score (nSPS) is 25.2. The molecule has 0 unspecified atom stereocenters. The highest BCUT2D eigenvalue weighted by molar-refractivity contribution is 5.77. The molecule has 0 aliphatic carbocycles. The molecule has 5 nitrogen and oxygen atoms in total. The van der Waals surface area contributed by atoms with Gasteiger partial charge in [-0.2, -0.15) is 0 Å². The first-order valence-corrected chi connectivity index (χ1v) is 9.59. The lowest BCUT2D eigenvalue weighted by atomic mass is 9.89. The van der Waals surface area contributed by atoms with Crippen molar-refractivity contribution < 1.29 is 13.7 Å². The second-order valence-corrected chi connectivity index (χ2v) is 7.96. The van der Waals surface area contributed by atoms with Gasteiger partial charge in [-0.15, -0.1) is 0 Å². The van der Waals surface area contributed by atoms with Gasteiger partial charge in [0.1, 0.15) is 11.6 Å². The Balaban J connectivity index is 1.42. The molecule has 3 atom stereocenters. The molecular formula is C21H26FN3O2. The van der Waals surface area contributed by atoms with Crippen LogP contribution in [0.4, 0.5) is 4.39 Å². The third kappa shape index (κ3) is 3.38. The Morgan fingerprint density at radius 1 is 1.30 bits per heavy atom. The standard InChI is InChI=1S/C21H26FN3O2/c1-13-18(14(2)27-23-13)7-8-20(26)25-11-16-10-24(3)21(19(16)12-25)15-5-4-6-17(22)9-15/h4-6,9,16,19,21H,7-8,10-12H2,1-3H3/t16-,19+,21-/m0/s1. The van der Waals surface area contributed by atoms with Crippen molar-refractivity contribution >= 4 is 5.91 Å². The van der Waals surface area contributed by atoms with Gasteiger partial charge in [-0.05, 0) is 50.9 Å². The first-order chi connectivity index (χ1) is 12.9. The van der Waals surface area contributed by atoms with Gasteiger partial charge in [0.15, 0.2) is 0 Å². The Kier molecular flexibility index (Phi) is 4.76. The molecule has 27 heavy (non-hydrogen) atoms. The molecule has 1 aromatic heterocycles. The monoisotopic (exact) mass is 371 g/mol. The van der Waals surface area contributed by atoms with E-state index in [9.17, 15) is 9.18 Å². The van der Waals surface area contributed by atoms with Crippen LogP contribution in [0.25, 0.3) is 0 Å². The van der Waals surface area contributed by atoms with E-state index in [1.165, 1.54) is 6.07 Å². The van der Waals surface area contributed by atoms with Gasteiger partial charge in [0.05, 0.1) is 5.69 Å². The second kappa shape index (κ2) is 7.08. The number of aryl methyl sites for hydroxylation is 2. The van der Waals surface area contributed by atoms with Crippen LogP contribution < -0.4 is 0 Å². The minimum Gasteiger partial charge on any atom is -0.361 e. The summed E-state index contributed by atoms with van der Waals surface area (Å²) in [6, 6.07) is 7.05. The van der Waals surface area contributed by atoms with Gasteiger partial charge in [-0.3, -0.25) is 9.69 Å². The van der Waals surface area contributed by atoms with E-state index < -0.39 is 0 Å². The van der Waals surface area contributed by atoms with Crippen molar-refractivity contribution in [2.75, 3.05) is 26.7 Å². The van der Waals surface area contributed by atoms with E-state index in [2.05, 4.69) is 17.1 Å². The van der Waals surface area contributed by atoms with Crippen molar-refractivity contribution in [3.05, 3.63) is 52.7 Å². The maximum atomic E-state index is 13.7. The maximum absolute atomic E-state index is 13.7. The van der Waals surface area contributed by atoms with Gasteiger partial charge in [-0.1, -0.05) is 17.3 Å². The number of hydrogen-bond donors (Lipinski definition) is 0.